The number of rotatable bonds is 5. The lowest BCUT2D eigenvalue weighted by atomic mass is 10.2. The fourth-order valence-corrected chi connectivity index (χ4v) is 5.25. The number of hydrogen-bond donors (Lipinski definition) is 1. The minimum Gasteiger partial charge on any atom is -0.258 e. The number of nitrogens with one attached hydrogen (secondary N) is 1. The van der Waals surface area contributed by atoms with Gasteiger partial charge in [0.25, 0.3) is 0 Å². The van der Waals surface area contributed by atoms with E-state index < -0.39 is 10.0 Å². The topological polar surface area (TPSA) is 72.0 Å². The van der Waals surface area contributed by atoms with Gasteiger partial charge in [-0.3, -0.25) is 4.72 Å². The third-order valence-electron chi connectivity index (χ3n) is 3.08. The van der Waals surface area contributed by atoms with Gasteiger partial charge in [-0.25, -0.2) is 18.4 Å². The van der Waals surface area contributed by atoms with E-state index in [9.17, 15) is 8.42 Å². The standard InChI is InChI=1S/C15H15N3O2S3/c1-10-14(22-11(2)16-10)13-8-21-15(17-13)18-23(19,20)9-12-6-4-3-5-7-12/h3-8H,9H2,1-2H3,(H,17,18). The first kappa shape index (κ1) is 16.1. The van der Waals surface area contributed by atoms with Crippen molar-refractivity contribution < 1.29 is 8.42 Å². The molecule has 0 aliphatic rings. The van der Waals surface area contributed by atoms with Crippen LogP contribution in [0, 0.1) is 13.8 Å². The van der Waals surface area contributed by atoms with Crippen LogP contribution in [0.5, 0.6) is 0 Å². The summed E-state index contributed by atoms with van der Waals surface area (Å²) in [6.45, 7) is 3.87. The lowest BCUT2D eigenvalue weighted by Gasteiger charge is -2.04. The van der Waals surface area contributed by atoms with Crippen LogP contribution in [0.4, 0.5) is 5.13 Å². The summed E-state index contributed by atoms with van der Waals surface area (Å²) >= 11 is 2.83. The van der Waals surface area contributed by atoms with Gasteiger partial charge < -0.3 is 0 Å². The van der Waals surface area contributed by atoms with Gasteiger partial charge in [0.2, 0.25) is 10.0 Å². The van der Waals surface area contributed by atoms with Crippen LogP contribution >= 0.6 is 22.7 Å². The van der Waals surface area contributed by atoms with E-state index in [-0.39, 0.29) is 5.75 Å². The van der Waals surface area contributed by atoms with Crippen molar-refractivity contribution in [3.05, 3.63) is 52.0 Å². The summed E-state index contributed by atoms with van der Waals surface area (Å²) in [4.78, 5) is 9.73. The smallest absolute Gasteiger partial charge is 0.238 e. The van der Waals surface area contributed by atoms with Gasteiger partial charge in [0.1, 0.15) is 0 Å². The molecule has 23 heavy (non-hydrogen) atoms. The normalized spacial score (nSPS) is 11.6. The largest absolute Gasteiger partial charge is 0.258 e. The van der Waals surface area contributed by atoms with Crippen molar-refractivity contribution in [3.63, 3.8) is 0 Å². The van der Waals surface area contributed by atoms with E-state index in [4.69, 9.17) is 0 Å². The van der Waals surface area contributed by atoms with Crippen LogP contribution in [0.25, 0.3) is 10.6 Å². The highest BCUT2D eigenvalue weighted by atomic mass is 32.2. The molecule has 2 aromatic heterocycles. The summed E-state index contributed by atoms with van der Waals surface area (Å²) in [6.07, 6.45) is 0. The summed E-state index contributed by atoms with van der Waals surface area (Å²) in [5.41, 5.74) is 2.41. The van der Waals surface area contributed by atoms with Crippen molar-refractivity contribution in [2.75, 3.05) is 4.72 Å². The Balaban J connectivity index is 1.77. The fourth-order valence-electron chi connectivity index (χ4n) is 2.16. The zero-order valence-corrected chi connectivity index (χ0v) is 15.1. The summed E-state index contributed by atoms with van der Waals surface area (Å²) in [6, 6.07) is 9.07. The lowest BCUT2D eigenvalue weighted by molar-refractivity contribution is 0.600. The molecule has 120 valence electrons. The van der Waals surface area contributed by atoms with Crippen molar-refractivity contribution >= 4 is 37.8 Å². The monoisotopic (exact) mass is 365 g/mol. The van der Waals surface area contributed by atoms with Gasteiger partial charge in [-0.05, 0) is 19.4 Å². The van der Waals surface area contributed by atoms with E-state index in [1.165, 1.54) is 11.3 Å². The first-order valence-electron chi connectivity index (χ1n) is 6.87. The molecule has 0 bridgehead atoms. The maximum atomic E-state index is 12.2. The third-order valence-corrected chi connectivity index (χ3v) is 6.28. The van der Waals surface area contributed by atoms with Crippen molar-refractivity contribution in [1.29, 1.82) is 0 Å². The summed E-state index contributed by atoms with van der Waals surface area (Å²) in [5, 5.41) is 3.19. The number of sulfonamides is 1. The number of aryl methyl sites for hydroxylation is 2. The maximum absolute atomic E-state index is 12.2. The quantitative estimate of drug-likeness (QED) is 0.746. The average Bonchev–Trinajstić information content (AvgIpc) is 3.05. The number of benzene rings is 1. The Kier molecular flexibility index (Phi) is 4.47. The first-order chi connectivity index (χ1) is 10.9. The molecule has 0 aliphatic heterocycles. The molecule has 3 aromatic rings. The Bertz CT molecular complexity index is 915. The zero-order valence-electron chi connectivity index (χ0n) is 12.6. The molecule has 0 spiro atoms. The fraction of sp³-hybridized carbons (Fsp3) is 0.200. The summed E-state index contributed by atoms with van der Waals surface area (Å²) < 4.78 is 27.0. The SMILES string of the molecule is Cc1nc(C)c(-c2csc(NS(=O)(=O)Cc3ccccc3)n2)s1. The van der Waals surface area contributed by atoms with Crippen molar-refractivity contribution in [3.8, 4) is 10.6 Å². The molecular weight excluding hydrogens is 350 g/mol. The van der Waals surface area contributed by atoms with Gasteiger partial charge in [0, 0.05) is 5.38 Å². The Hall–Kier alpha value is -1.77. The van der Waals surface area contributed by atoms with Crippen LogP contribution in [-0.2, 0) is 15.8 Å². The summed E-state index contributed by atoms with van der Waals surface area (Å²) in [7, 11) is -3.48. The van der Waals surface area contributed by atoms with E-state index in [0.717, 1.165) is 26.8 Å². The van der Waals surface area contributed by atoms with Gasteiger partial charge in [-0.1, -0.05) is 30.3 Å². The second-order valence-corrected chi connectivity index (χ2v) is 8.82. The van der Waals surface area contributed by atoms with Gasteiger partial charge >= 0.3 is 0 Å². The van der Waals surface area contributed by atoms with Crippen LogP contribution in [0.2, 0.25) is 0 Å². The van der Waals surface area contributed by atoms with Crippen LogP contribution in [0.3, 0.4) is 0 Å². The molecule has 0 radical (unpaired) electrons. The molecule has 0 unspecified atom stereocenters. The van der Waals surface area contributed by atoms with Crippen molar-refractivity contribution in [1.82, 2.24) is 9.97 Å². The molecule has 1 aromatic carbocycles. The maximum Gasteiger partial charge on any atom is 0.238 e. The number of aromatic nitrogens is 2. The Morgan fingerprint density at radius 2 is 1.87 bits per heavy atom. The number of anilines is 1. The van der Waals surface area contributed by atoms with Crippen molar-refractivity contribution in [2.24, 2.45) is 0 Å². The molecule has 0 aliphatic carbocycles. The van der Waals surface area contributed by atoms with E-state index >= 15 is 0 Å². The molecule has 0 saturated carbocycles. The molecule has 5 nitrogen and oxygen atoms in total. The van der Waals surface area contributed by atoms with Crippen LogP contribution < -0.4 is 4.72 Å². The molecule has 8 heteroatoms. The Morgan fingerprint density at radius 1 is 1.13 bits per heavy atom. The molecule has 0 fully saturated rings. The number of hydrogen-bond acceptors (Lipinski definition) is 6. The lowest BCUT2D eigenvalue weighted by Crippen LogP contribution is -2.14. The van der Waals surface area contributed by atoms with E-state index in [0.29, 0.717) is 5.13 Å². The van der Waals surface area contributed by atoms with Crippen LogP contribution in [0.1, 0.15) is 16.3 Å². The second kappa shape index (κ2) is 6.38. The predicted octanol–water partition coefficient (Wildman–Crippen LogP) is 3.83. The van der Waals surface area contributed by atoms with Crippen LogP contribution in [-0.4, -0.2) is 18.4 Å². The Labute approximate surface area is 143 Å². The van der Waals surface area contributed by atoms with Gasteiger partial charge in [0.05, 0.1) is 27.0 Å². The minimum atomic E-state index is -3.48. The van der Waals surface area contributed by atoms with E-state index in [1.54, 1.807) is 23.5 Å². The van der Waals surface area contributed by atoms with Gasteiger partial charge in [-0.2, -0.15) is 0 Å². The predicted molar refractivity (Wildman–Crippen MR) is 95.4 cm³/mol. The highest BCUT2D eigenvalue weighted by molar-refractivity contribution is 7.92. The molecule has 0 amide bonds. The molecule has 3 rings (SSSR count). The molecule has 2 heterocycles. The third kappa shape index (κ3) is 3.95. The van der Waals surface area contributed by atoms with E-state index in [2.05, 4.69) is 14.7 Å². The number of nitrogens with zero attached hydrogens (tertiary/aromatic N) is 2. The molecule has 0 saturated heterocycles. The summed E-state index contributed by atoms with van der Waals surface area (Å²) in [5.74, 6) is -0.0680. The van der Waals surface area contributed by atoms with Gasteiger partial charge in [-0.15, -0.1) is 22.7 Å². The number of thiazole rings is 2. The first-order valence-corrected chi connectivity index (χ1v) is 10.2. The molecular formula is C15H15N3O2S3. The zero-order chi connectivity index (χ0) is 16.4. The van der Waals surface area contributed by atoms with Gasteiger partial charge in [0.15, 0.2) is 5.13 Å². The second-order valence-electron chi connectivity index (χ2n) is 5.03. The van der Waals surface area contributed by atoms with Crippen molar-refractivity contribution in [2.45, 2.75) is 19.6 Å². The highest BCUT2D eigenvalue weighted by Gasteiger charge is 2.16. The Morgan fingerprint density at radius 3 is 2.52 bits per heavy atom. The minimum absolute atomic E-state index is 0.0680. The van der Waals surface area contributed by atoms with Crippen LogP contribution in [0.15, 0.2) is 35.7 Å². The van der Waals surface area contributed by atoms with E-state index in [1.807, 2.05) is 37.4 Å². The molecule has 1 N–H and O–H groups in total. The molecule has 0 atom stereocenters. The average molecular weight is 366 g/mol. The highest BCUT2D eigenvalue weighted by Crippen LogP contribution is 2.32.